The minimum atomic E-state index is -0.785. The molecule has 6 heteroatoms. The van der Waals surface area contributed by atoms with Crippen LogP contribution in [0.4, 0.5) is 4.39 Å². The van der Waals surface area contributed by atoms with Gasteiger partial charge in [-0.15, -0.1) is 0 Å². The first-order chi connectivity index (χ1) is 15.4. The highest BCUT2D eigenvalue weighted by molar-refractivity contribution is 5.90. The molecule has 0 heterocycles. The number of benzene rings is 3. The van der Waals surface area contributed by atoms with Gasteiger partial charge in [0.1, 0.15) is 17.6 Å². The molecule has 0 aliphatic heterocycles. The Morgan fingerprint density at radius 1 is 1.00 bits per heavy atom. The first-order valence-electron chi connectivity index (χ1n) is 10.8. The highest BCUT2D eigenvalue weighted by Crippen LogP contribution is 2.25. The Kier molecular flexibility index (Phi) is 7.82. The first-order valence-corrected chi connectivity index (χ1v) is 10.8. The van der Waals surface area contributed by atoms with Gasteiger partial charge in [-0.05, 0) is 37.8 Å². The number of nitrogens with one attached hydrogen (secondary N) is 1. The largest absolute Gasteiger partial charge is 0.483 e. The molecule has 0 radical (unpaired) electrons. The number of hydrogen-bond acceptors (Lipinski definition) is 3. The number of carbonyl (C=O) groups excluding carboxylic acids is 2. The molecule has 168 valence electrons. The molecule has 0 unspecified atom stereocenters. The van der Waals surface area contributed by atoms with Crippen LogP contribution in [-0.2, 0) is 16.1 Å². The lowest BCUT2D eigenvalue weighted by Crippen LogP contribution is -2.50. The summed E-state index contributed by atoms with van der Waals surface area (Å²) in [6.07, 6.45) is 0.768. The Hall–Kier alpha value is -3.41. The van der Waals surface area contributed by atoms with Crippen molar-refractivity contribution in [2.75, 3.05) is 6.61 Å². The van der Waals surface area contributed by atoms with Gasteiger partial charge in [0.25, 0.3) is 5.91 Å². The summed E-state index contributed by atoms with van der Waals surface area (Å²) in [5.74, 6) is -0.518. The molecule has 0 saturated carbocycles. The SMILES string of the molecule is CC[C@H](C)NC(=O)[C@@H](C)N(Cc1ccccc1F)C(=O)COc1cccc2ccccc12. The number of amides is 2. The molecule has 0 saturated heterocycles. The molecule has 2 amide bonds. The third-order valence-corrected chi connectivity index (χ3v) is 5.57. The smallest absolute Gasteiger partial charge is 0.261 e. The molecule has 0 aliphatic carbocycles. The van der Waals surface area contributed by atoms with E-state index in [0.717, 1.165) is 17.2 Å². The number of ether oxygens (including phenoxy) is 1. The van der Waals surface area contributed by atoms with Crippen LogP contribution in [0, 0.1) is 5.82 Å². The predicted octanol–water partition coefficient (Wildman–Crippen LogP) is 4.69. The maximum atomic E-state index is 14.3. The molecule has 32 heavy (non-hydrogen) atoms. The Bertz CT molecular complexity index is 1080. The summed E-state index contributed by atoms with van der Waals surface area (Å²) in [5, 5.41) is 4.79. The molecular formula is C26H29FN2O3. The number of nitrogens with zero attached hydrogens (tertiary/aromatic N) is 1. The van der Waals surface area contributed by atoms with Crippen LogP contribution >= 0.6 is 0 Å². The fraction of sp³-hybridized carbons (Fsp3) is 0.308. The minimum Gasteiger partial charge on any atom is -0.483 e. The standard InChI is InChI=1S/C26H29FN2O3/c1-4-18(2)28-26(31)19(3)29(16-21-11-6-8-14-23(21)27)25(30)17-32-24-15-9-12-20-10-5-7-13-22(20)24/h5-15,18-19H,4,16-17H2,1-3H3,(H,28,31)/t18-,19+/m0/s1. The van der Waals surface area contributed by atoms with Crippen molar-refractivity contribution < 1.29 is 18.7 Å². The summed E-state index contributed by atoms with van der Waals surface area (Å²) >= 11 is 0. The van der Waals surface area contributed by atoms with Crippen LogP contribution in [0.2, 0.25) is 0 Å². The lowest BCUT2D eigenvalue weighted by atomic mass is 10.1. The number of halogens is 1. The third kappa shape index (κ3) is 5.63. The van der Waals surface area contributed by atoms with Crippen molar-refractivity contribution in [1.82, 2.24) is 10.2 Å². The second-order valence-electron chi connectivity index (χ2n) is 7.87. The lowest BCUT2D eigenvalue weighted by Gasteiger charge is -2.29. The summed E-state index contributed by atoms with van der Waals surface area (Å²) in [6.45, 7) is 5.23. The van der Waals surface area contributed by atoms with Gasteiger partial charge in [0.15, 0.2) is 6.61 Å². The zero-order chi connectivity index (χ0) is 23.1. The van der Waals surface area contributed by atoms with E-state index in [1.54, 1.807) is 31.2 Å². The zero-order valence-corrected chi connectivity index (χ0v) is 18.7. The Balaban J connectivity index is 1.80. The number of carbonyl (C=O) groups is 2. The summed E-state index contributed by atoms with van der Waals surface area (Å²) in [4.78, 5) is 27.3. The van der Waals surface area contributed by atoms with Crippen LogP contribution in [0.15, 0.2) is 66.7 Å². The Morgan fingerprint density at radius 2 is 1.69 bits per heavy atom. The maximum Gasteiger partial charge on any atom is 0.261 e. The third-order valence-electron chi connectivity index (χ3n) is 5.57. The van der Waals surface area contributed by atoms with Gasteiger partial charge in [0.2, 0.25) is 5.91 Å². The van der Waals surface area contributed by atoms with Crippen LogP contribution in [0.3, 0.4) is 0 Å². The summed E-state index contributed by atoms with van der Waals surface area (Å²) in [6, 6.07) is 18.8. The minimum absolute atomic E-state index is 0.0257. The lowest BCUT2D eigenvalue weighted by molar-refractivity contribution is -0.142. The fourth-order valence-electron chi connectivity index (χ4n) is 3.40. The second kappa shape index (κ2) is 10.8. The molecule has 0 aliphatic rings. The topological polar surface area (TPSA) is 58.6 Å². The summed E-state index contributed by atoms with van der Waals surface area (Å²) < 4.78 is 20.1. The zero-order valence-electron chi connectivity index (χ0n) is 18.7. The molecule has 0 spiro atoms. The quantitative estimate of drug-likeness (QED) is 0.529. The van der Waals surface area contributed by atoms with Crippen LogP contribution in [0.1, 0.15) is 32.8 Å². The van der Waals surface area contributed by atoms with Gasteiger partial charge in [-0.25, -0.2) is 4.39 Å². The number of hydrogen-bond donors (Lipinski definition) is 1. The van der Waals surface area contributed by atoms with E-state index in [4.69, 9.17) is 4.74 Å². The van der Waals surface area contributed by atoms with Gasteiger partial charge in [-0.1, -0.05) is 61.5 Å². The van der Waals surface area contributed by atoms with E-state index in [9.17, 15) is 14.0 Å². The number of fused-ring (bicyclic) bond motifs is 1. The van der Waals surface area contributed by atoms with E-state index >= 15 is 0 Å². The van der Waals surface area contributed by atoms with Gasteiger partial charge in [0, 0.05) is 23.5 Å². The van der Waals surface area contributed by atoms with Gasteiger partial charge in [0.05, 0.1) is 0 Å². The summed E-state index contributed by atoms with van der Waals surface area (Å²) in [7, 11) is 0. The van der Waals surface area contributed by atoms with E-state index in [2.05, 4.69) is 5.32 Å². The van der Waals surface area contributed by atoms with Crippen LogP contribution in [-0.4, -0.2) is 35.4 Å². The van der Waals surface area contributed by atoms with Crippen LogP contribution in [0.5, 0.6) is 5.75 Å². The van der Waals surface area contributed by atoms with Crippen molar-refractivity contribution in [3.05, 3.63) is 78.1 Å². The van der Waals surface area contributed by atoms with Crippen molar-refractivity contribution >= 4 is 22.6 Å². The average Bonchev–Trinajstić information content (AvgIpc) is 2.81. The molecular weight excluding hydrogens is 407 g/mol. The molecule has 3 aromatic carbocycles. The van der Waals surface area contributed by atoms with Gasteiger partial charge >= 0.3 is 0 Å². The van der Waals surface area contributed by atoms with E-state index in [1.165, 1.54) is 11.0 Å². The normalized spacial score (nSPS) is 12.8. The molecule has 3 rings (SSSR count). The molecule has 0 bridgehead atoms. The molecule has 1 N–H and O–H groups in total. The highest BCUT2D eigenvalue weighted by Gasteiger charge is 2.28. The van der Waals surface area contributed by atoms with E-state index < -0.39 is 17.8 Å². The maximum absolute atomic E-state index is 14.3. The number of rotatable bonds is 9. The van der Waals surface area contributed by atoms with Crippen molar-refractivity contribution in [3.8, 4) is 5.75 Å². The van der Waals surface area contributed by atoms with E-state index in [1.807, 2.05) is 50.2 Å². The van der Waals surface area contributed by atoms with Gasteiger partial charge < -0.3 is 15.0 Å². The van der Waals surface area contributed by atoms with Crippen LogP contribution in [0.25, 0.3) is 10.8 Å². The highest BCUT2D eigenvalue weighted by atomic mass is 19.1. The Morgan fingerprint density at radius 3 is 2.44 bits per heavy atom. The second-order valence-corrected chi connectivity index (χ2v) is 7.87. The molecule has 0 aromatic heterocycles. The van der Waals surface area contributed by atoms with Crippen LogP contribution < -0.4 is 10.1 Å². The van der Waals surface area contributed by atoms with Crippen molar-refractivity contribution in [3.63, 3.8) is 0 Å². The van der Waals surface area contributed by atoms with Crippen molar-refractivity contribution in [2.45, 2.75) is 45.8 Å². The molecule has 5 nitrogen and oxygen atoms in total. The van der Waals surface area contributed by atoms with Crippen molar-refractivity contribution in [2.24, 2.45) is 0 Å². The van der Waals surface area contributed by atoms with Gasteiger partial charge in [-0.3, -0.25) is 9.59 Å². The first kappa shape index (κ1) is 23.3. The summed E-state index contributed by atoms with van der Waals surface area (Å²) in [5.41, 5.74) is 0.342. The molecule has 0 fully saturated rings. The predicted molar refractivity (Wildman–Crippen MR) is 124 cm³/mol. The Labute approximate surface area is 188 Å². The van der Waals surface area contributed by atoms with Gasteiger partial charge in [-0.2, -0.15) is 0 Å². The van der Waals surface area contributed by atoms with Crippen molar-refractivity contribution in [1.29, 1.82) is 0 Å². The molecule has 3 aromatic rings. The monoisotopic (exact) mass is 436 g/mol. The average molecular weight is 437 g/mol. The fourth-order valence-corrected chi connectivity index (χ4v) is 3.40. The van der Waals surface area contributed by atoms with E-state index in [0.29, 0.717) is 11.3 Å². The molecule has 2 atom stereocenters. The van der Waals surface area contributed by atoms with E-state index in [-0.39, 0.29) is 25.1 Å².